The summed E-state index contributed by atoms with van der Waals surface area (Å²) >= 11 is 6.02. The summed E-state index contributed by atoms with van der Waals surface area (Å²) in [7, 11) is 0. The number of pyridine rings is 1. The molecule has 2 rings (SSSR count). The second-order valence-electron chi connectivity index (χ2n) is 4.64. The van der Waals surface area contributed by atoms with Gasteiger partial charge in [0.15, 0.2) is 0 Å². The second kappa shape index (κ2) is 4.99. The summed E-state index contributed by atoms with van der Waals surface area (Å²) in [5.74, 6) is 0. The lowest BCUT2D eigenvalue weighted by molar-refractivity contribution is 0.611. The van der Waals surface area contributed by atoms with Gasteiger partial charge in [0.05, 0.1) is 11.1 Å². The molecule has 94 valence electrons. The molecule has 2 aromatic rings. The lowest BCUT2D eigenvalue weighted by atomic mass is 10.1. The number of halogens is 1. The molecule has 0 N–H and O–H groups in total. The Balaban J connectivity index is 2.49. The average Bonchev–Trinajstić information content (AvgIpc) is 2.34. The standard InChI is InChI=1S/C15H16ClNO/c1-10-4-6-13(7-5-10)12(3)17-9-14(16)8-11(2)15(17)18/h4-9,12H,1-3H3. The van der Waals surface area contributed by atoms with E-state index in [4.69, 9.17) is 11.6 Å². The number of hydrogen-bond acceptors (Lipinski definition) is 1. The highest BCUT2D eigenvalue weighted by molar-refractivity contribution is 6.30. The van der Waals surface area contributed by atoms with Crippen molar-refractivity contribution in [2.45, 2.75) is 26.8 Å². The van der Waals surface area contributed by atoms with Crippen LogP contribution in [0.3, 0.4) is 0 Å². The molecule has 1 aromatic carbocycles. The van der Waals surface area contributed by atoms with Crippen LogP contribution in [-0.2, 0) is 0 Å². The van der Waals surface area contributed by atoms with E-state index in [1.165, 1.54) is 5.56 Å². The van der Waals surface area contributed by atoms with Crippen molar-refractivity contribution in [1.29, 1.82) is 0 Å². The monoisotopic (exact) mass is 261 g/mol. The van der Waals surface area contributed by atoms with Crippen LogP contribution < -0.4 is 5.56 Å². The van der Waals surface area contributed by atoms with Gasteiger partial charge in [-0.15, -0.1) is 0 Å². The predicted octanol–water partition coefficient (Wildman–Crippen LogP) is 3.73. The van der Waals surface area contributed by atoms with E-state index in [0.717, 1.165) is 5.56 Å². The Hall–Kier alpha value is -1.54. The molecule has 0 fully saturated rings. The van der Waals surface area contributed by atoms with Crippen LogP contribution in [0.15, 0.2) is 41.3 Å². The molecule has 1 atom stereocenters. The minimum absolute atomic E-state index is 0.00692. The van der Waals surface area contributed by atoms with Gasteiger partial charge in [-0.3, -0.25) is 4.79 Å². The molecule has 1 unspecified atom stereocenters. The Morgan fingerprint density at radius 2 is 1.78 bits per heavy atom. The van der Waals surface area contributed by atoms with Gasteiger partial charge >= 0.3 is 0 Å². The van der Waals surface area contributed by atoms with Crippen molar-refractivity contribution in [3.8, 4) is 0 Å². The van der Waals surface area contributed by atoms with Gasteiger partial charge in [-0.2, -0.15) is 0 Å². The molecule has 0 saturated carbocycles. The number of nitrogens with zero attached hydrogens (tertiary/aromatic N) is 1. The number of rotatable bonds is 2. The van der Waals surface area contributed by atoms with Crippen LogP contribution in [0.4, 0.5) is 0 Å². The molecule has 0 bridgehead atoms. The van der Waals surface area contributed by atoms with E-state index < -0.39 is 0 Å². The first-order valence-electron chi connectivity index (χ1n) is 5.94. The van der Waals surface area contributed by atoms with Crippen LogP contribution in [0.25, 0.3) is 0 Å². The third-order valence-corrected chi connectivity index (χ3v) is 3.37. The van der Waals surface area contributed by atoms with E-state index in [0.29, 0.717) is 10.6 Å². The molecular formula is C15H16ClNO. The van der Waals surface area contributed by atoms with Gasteiger partial charge in [-0.25, -0.2) is 0 Å². The first-order valence-corrected chi connectivity index (χ1v) is 6.31. The number of hydrogen-bond donors (Lipinski definition) is 0. The maximum absolute atomic E-state index is 12.1. The molecule has 1 aromatic heterocycles. The Labute approximate surface area is 112 Å². The van der Waals surface area contributed by atoms with Crippen molar-refractivity contribution in [3.05, 3.63) is 68.6 Å². The molecule has 0 spiro atoms. The number of aryl methyl sites for hydroxylation is 2. The van der Waals surface area contributed by atoms with Gasteiger partial charge in [0.1, 0.15) is 0 Å². The Kier molecular flexibility index (Phi) is 3.58. The predicted molar refractivity (Wildman–Crippen MR) is 75.4 cm³/mol. The topological polar surface area (TPSA) is 22.0 Å². The van der Waals surface area contributed by atoms with E-state index in [2.05, 4.69) is 0 Å². The van der Waals surface area contributed by atoms with E-state index in [-0.39, 0.29) is 11.6 Å². The Bertz CT molecular complexity index is 613. The minimum atomic E-state index is -0.0181. The zero-order valence-electron chi connectivity index (χ0n) is 10.8. The molecule has 0 aliphatic rings. The van der Waals surface area contributed by atoms with E-state index in [9.17, 15) is 4.79 Å². The molecule has 0 saturated heterocycles. The summed E-state index contributed by atoms with van der Waals surface area (Å²) in [6, 6.07) is 9.87. The highest BCUT2D eigenvalue weighted by Crippen LogP contribution is 2.18. The first-order chi connectivity index (χ1) is 8.49. The minimum Gasteiger partial charge on any atom is -0.307 e. The van der Waals surface area contributed by atoms with Gasteiger partial charge in [0.2, 0.25) is 0 Å². The molecule has 0 amide bonds. The molecule has 0 aliphatic heterocycles. The van der Waals surface area contributed by atoms with Gasteiger partial charge in [0.25, 0.3) is 5.56 Å². The fourth-order valence-electron chi connectivity index (χ4n) is 1.99. The average molecular weight is 262 g/mol. The summed E-state index contributed by atoms with van der Waals surface area (Å²) < 4.78 is 1.68. The molecule has 18 heavy (non-hydrogen) atoms. The SMILES string of the molecule is Cc1ccc(C(C)n2cc(Cl)cc(C)c2=O)cc1. The Morgan fingerprint density at radius 3 is 2.39 bits per heavy atom. The van der Waals surface area contributed by atoms with Crippen LogP contribution in [0.2, 0.25) is 5.02 Å². The smallest absolute Gasteiger partial charge is 0.254 e. The van der Waals surface area contributed by atoms with Crippen LogP contribution in [-0.4, -0.2) is 4.57 Å². The van der Waals surface area contributed by atoms with Crippen LogP contribution in [0, 0.1) is 13.8 Å². The van der Waals surface area contributed by atoms with Crippen molar-refractivity contribution in [2.24, 2.45) is 0 Å². The summed E-state index contributed by atoms with van der Waals surface area (Å²) in [6.07, 6.45) is 1.70. The van der Waals surface area contributed by atoms with E-state index >= 15 is 0 Å². The second-order valence-corrected chi connectivity index (χ2v) is 5.08. The van der Waals surface area contributed by atoms with Gasteiger partial charge in [-0.05, 0) is 32.4 Å². The van der Waals surface area contributed by atoms with E-state index in [1.807, 2.05) is 38.1 Å². The zero-order chi connectivity index (χ0) is 13.3. The quantitative estimate of drug-likeness (QED) is 0.807. The largest absolute Gasteiger partial charge is 0.307 e. The van der Waals surface area contributed by atoms with Crippen LogP contribution >= 0.6 is 11.6 Å². The zero-order valence-corrected chi connectivity index (χ0v) is 11.5. The molecule has 3 heteroatoms. The maximum atomic E-state index is 12.1. The third-order valence-electron chi connectivity index (χ3n) is 3.17. The lowest BCUT2D eigenvalue weighted by Crippen LogP contribution is -2.25. The maximum Gasteiger partial charge on any atom is 0.254 e. The molecule has 2 nitrogen and oxygen atoms in total. The van der Waals surface area contributed by atoms with Crippen molar-refractivity contribution < 1.29 is 0 Å². The highest BCUT2D eigenvalue weighted by atomic mass is 35.5. The molecular weight excluding hydrogens is 246 g/mol. The normalized spacial score (nSPS) is 12.4. The number of aromatic nitrogens is 1. The fraction of sp³-hybridized carbons (Fsp3) is 0.267. The summed E-state index contributed by atoms with van der Waals surface area (Å²) in [4.78, 5) is 12.1. The van der Waals surface area contributed by atoms with Gasteiger partial charge in [-0.1, -0.05) is 41.4 Å². The van der Waals surface area contributed by atoms with Gasteiger partial charge < -0.3 is 4.57 Å². The summed E-state index contributed by atoms with van der Waals surface area (Å²) in [5, 5.41) is 0.589. The van der Waals surface area contributed by atoms with Crippen LogP contribution in [0.1, 0.15) is 29.7 Å². The first kappa shape index (κ1) is 12.9. The number of benzene rings is 1. The third kappa shape index (κ3) is 2.49. The fourth-order valence-corrected chi connectivity index (χ4v) is 2.26. The summed E-state index contributed by atoms with van der Waals surface area (Å²) in [6.45, 7) is 5.83. The highest BCUT2D eigenvalue weighted by Gasteiger charge is 2.11. The Morgan fingerprint density at radius 1 is 1.17 bits per heavy atom. The van der Waals surface area contributed by atoms with Gasteiger partial charge in [0, 0.05) is 11.8 Å². The van der Waals surface area contributed by atoms with Crippen molar-refractivity contribution in [3.63, 3.8) is 0 Å². The van der Waals surface area contributed by atoms with Crippen LogP contribution in [0.5, 0.6) is 0 Å². The van der Waals surface area contributed by atoms with Crippen molar-refractivity contribution in [1.82, 2.24) is 4.57 Å². The molecule has 0 aliphatic carbocycles. The van der Waals surface area contributed by atoms with Crippen molar-refractivity contribution in [2.75, 3.05) is 0 Å². The molecule has 0 radical (unpaired) electrons. The van der Waals surface area contributed by atoms with E-state index in [1.54, 1.807) is 23.8 Å². The van der Waals surface area contributed by atoms with Crippen molar-refractivity contribution >= 4 is 11.6 Å². The molecule has 1 heterocycles. The lowest BCUT2D eigenvalue weighted by Gasteiger charge is -2.17. The summed E-state index contributed by atoms with van der Waals surface area (Å²) in [5.41, 5.74) is 2.99.